The fourth-order valence-corrected chi connectivity index (χ4v) is 2.59. The lowest BCUT2D eigenvalue weighted by atomic mass is 10.1. The smallest absolute Gasteiger partial charge is 0.233 e. The molecule has 102 valence electrons. The summed E-state index contributed by atoms with van der Waals surface area (Å²) in [6.45, 7) is 5.43. The Morgan fingerprint density at radius 1 is 1.17 bits per heavy atom. The summed E-state index contributed by atoms with van der Waals surface area (Å²) in [6, 6.07) is 7.50. The zero-order valence-electron chi connectivity index (χ0n) is 11.1. The standard InChI is InChI=1S/C13H22N2O2S/c1-3-8-14-9-10-18(16,17)15-13-7-5-6-12(4-2)11-13/h5-7,11,14-15H,3-4,8-10H2,1-2H3. The Balaban J connectivity index is 2.53. The summed E-state index contributed by atoms with van der Waals surface area (Å²) >= 11 is 0. The number of nitrogens with one attached hydrogen (secondary N) is 2. The van der Waals surface area contributed by atoms with Crippen molar-refractivity contribution in [1.29, 1.82) is 0 Å². The predicted octanol–water partition coefficient (Wildman–Crippen LogP) is 1.99. The maximum Gasteiger partial charge on any atom is 0.233 e. The number of hydrogen-bond acceptors (Lipinski definition) is 3. The quantitative estimate of drug-likeness (QED) is 0.710. The predicted molar refractivity (Wildman–Crippen MR) is 76.4 cm³/mol. The molecule has 0 radical (unpaired) electrons. The molecule has 0 atom stereocenters. The van der Waals surface area contributed by atoms with Crippen molar-refractivity contribution in [1.82, 2.24) is 5.32 Å². The minimum absolute atomic E-state index is 0.101. The van der Waals surface area contributed by atoms with Crippen molar-refractivity contribution in [2.24, 2.45) is 0 Å². The monoisotopic (exact) mass is 270 g/mol. The van der Waals surface area contributed by atoms with E-state index in [-0.39, 0.29) is 5.75 Å². The summed E-state index contributed by atoms with van der Waals surface area (Å²) in [7, 11) is -3.25. The fourth-order valence-electron chi connectivity index (χ4n) is 1.59. The molecule has 18 heavy (non-hydrogen) atoms. The van der Waals surface area contributed by atoms with Gasteiger partial charge in [-0.3, -0.25) is 4.72 Å². The SMILES string of the molecule is CCCNCCS(=O)(=O)Nc1cccc(CC)c1. The van der Waals surface area contributed by atoms with Crippen LogP contribution in [0, 0.1) is 0 Å². The first-order chi connectivity index (χ1) is 8.57. The Morgan fingerprint density at radius 3 is 2.61 bits per heavy atom. The Kier molecular flexibility index (Phi) is 6.15. The van der Waals surface area contributed by atoms with Gasteiger partial charge in [0, 0.05) is 12.2 Å². The van der Waals surface area contributed by atoms with Crippen LogP contribution < -0.4 is 10.0 Å². The van der Waals surface area contributed by atoms with Gasteiger partial charge in [-0.2, -0.15) is 0 Å². The van der Waals surface area contributed by atoms with Gasteiger partial charge >= 0.3 is 0 Å². The number of aryl methyl sites for hydroxylation is 1. The van der Waals surface area contributed by atoms with Crippen molar-refractivity contribution < 1.29 is 8.42 Å². The van der Waals surface area contributed by atoms with Gasteiger partial charge < -0.3 is 5.32 Å². The summed E-state index contributed by atoms with van der Waals surface area (Å²) in [5.41, 5.74) is 1.77. The van der Waals surface area contributed by atoms with Crippen molar-refractivity contribution in [3.05, 3.63) is 29.8 Å². The molecule has 0 aromatic heterocycles. The highest BCUT2D eigenvalue weighted by Gasteiger charge is 2.09. The van der Waals surface area contributed by atoms with E-state index in [9.17, 15) is 8.42 Å². The number of anilines is 1. The van der Waals surface area contributed by atoms with E-state index < -0.39 is 10.0 Å². The summed E-state index contributed by atoms with van der Waals surface area (Å²) < 4.78 is 26.2. The van der Waals surface area contributed by atoms with Crippen LogP contribution in [0.5, 0.6) is 0 Å². The minimum atomic E-state index is -3.25. The van der Waals surface area contributed by atoms with E-state index in [0.29, 0.717) is 12.2 Å². The van der Waals surface area contributed by atoms with Crippen LogP contribution in [0.1, 0.15) is 25.8 Å². The third kappa shape index (κ3) is 5.51. The molecule has 0 saturated carbocycles. The van der Waals surface area contributed by atoms with Crippen LogP contribution in [0.4, 0.5) is 5.69 Å². The molecule has 4 nitrogen and oxygen atoms in total. The second-order valence-corrected chi connectivity index (χ2v) is 6.07. The summed E-state index contributed by atoms with van der Waals surface area (Å²) in [5, 5.41) is 3.08. The van der Waals surface area contributed by atoms with Crippen LogP contribution >= 0.6 is 0 Å². The number of sulfonamides is 1. The van der Waals surface area contributed by atoms with E-state index in [1.54, 1.807) is 6.07 Å². The fraction of sp³-hybridized carbons (Fsp3) is 0.538. The molecule has 0 saturated heterocycles. The summed E-state index contributed by atoms with van der Waals surface area (Å²) in [4.78, 5) is 0. The molecule has 2 N–H and O–H groups in total. The van der Waals surface area contributed by atoms with Crippen LogP contribution in [0.25, 0.3) is 0 Å². The molecular formula is C13H22N2O2S. The molecule has 0 unspecified atom stereocenters. The maximum atomic E-state index is 11.8. The van der Waals surface area contributed by atoms with Gasteiger partial charge in [-0.05, 0) is 37.1 Å². The van der Waals surface area contributed by atoms with Crippen molar-refractivity contribution >= 4 is 15.7 Å². The van der Waals surface area contributed by atoms with E-state index in [0.717, 1.165) is 24.9 Å². The van der Waals surface area contributed by atoms with E-state index in [2.05, 4.69) is 17.0 Å². The Hall–Kier alpha value is -1.07. The number of benzene rings is 1. The lowest BCUT2D eigenvalue weighted by molar-refractivity contribution is 0.595. The molecule has 0 heterocycles. The van der Waals surface area contributed by atoms with Crippen LogP contribution in [0.3, 0.4) is 0 Å². The largest absolute Gasteiger partial charge is 0.316 e. The Bertz CT molecular complexity index is 458. The van der Waals surface area contributed by atoms with Crippen LogP contribution in [-0.2, 0) is 16.4 Å². The van der Waals surface area contributed by atoms with Crippen molar-refractivity contribution in [3.8, 4) is 0 Å². The Morgan fingerprint density at radius 2 is 1.94 bits per heavy atom. The first-order valence-corrected chi connectivity index (χ1v) is 8.02. The molecule has 0 bridgehead atoms. The molecular weight excluding hydrogens is 248 g/mol. The molecule has 1 aromatic rings. The molecule has 0 fully saturated rings. The molecule has 1 aromatic carbocycles. The highest BCUT2D eigenvalue weighted by molar-refractivity contribution is 7.92. The second kappa shape index (κ2) is 7.38. The zero-order valence-corrected chi connectivity index (χ0v) is 11.9. The Labute approximate surface area is 110 Å². The molecule has 0 aliphatic heterocycles. The molecule has 0 aliphatic rings. The molecule has 5 heteroatoms. The first kappa shape index (κ1) is 15.0. The van der Waals surface area contributed by atoms with Gasteiger partial charge in [0.15, 0.2) is 0 Å². The highest BCUT2D eigenvalue weighted by atomic mass is 32.2. The van der Waals surface area contributed by atoms with Gasteiger partial charge in [-0.15, -0.1) is 0 Å². The first-order valence-electron chi connectivity index (χ1n) is 6.37. The lowest BCUT2D eigenvalue weighted by Crippen LogP contribution is -2.27. The molecule has 1 rings (SSSR count). The van der Waals surface area contributed by atoms with E-state index in [4.69, 9.17) is 0 Å². The van der Waals surface area contributed by atoms with Crippen LogP contribution in [0.2, 0.25) is 0 Å². The van der Waals surface area contributed by atoms with Gasteiger partial charge in [0.2, 0.25) is 10.0 Å². The lowest BCUT2D eigenvalue weighted by Gasteiger charge is -2.09. The minimum Gasteiger partial charge on any atom is -0.316 e. The molecule has 0 aliphatic carbocycles. The van der Waals surface area contributed by atoms with Gasteiger partial charge in [0.05, 0.1) is 5.75 Å². The third-order valence-electron chi connectivity index (χ3n) is 2.58. The summed E-state index contributed by atoms with van der Waals surface area (Å²) in [6.07, 6.45) is 1.90. The van der Waals surface area contributed by atoms with Crippen molar-refractivity contribution in [3.63, 3.8) is 0 Å². The van der Waals surface area contributed by atoms with E-state index in [1.165, 1.54) is 0 Å². The van der Waals surface area contributed by atoms with E-state index >= 15 is 0 Å². The maximum absolute atomic E-state index is 11.8. The number of rotatable bonds is 8. The topological polar surface area (TPSA) is 58.2 Å². The summed E-state index contributed by atoms with van der Waals surface area (Å²) in [5.74, 6) is 0.101. The highest BCUT2D eigenvalue weighted by Crippen LogP contribution is 2.12. The second-order valence-electron chi connectivity index (χ2n) is 4.22. The van der Waals surface area contributed by atoms with Crippen molar-refractivity contribution in [2.45, 2.75) is 26.7 Å². The van der Waals surface area contributed by atoms with Gasteiger partial charge in [0.1, 0.15) is 0 Å². The average molecular weight is 270 g/mol. The van der Waals surface area contributed by atoms with Crippen molar-refractivity contribution in [2.75, 3.05) is 23.6 Å². The van der Waals surface area contributed by atoms with E-state index in [1.807, 2.05) is 25.1 Å². The van der Waals surface area contributed by atoms with Gasteiger partial charge in [-0.25, -0.2) is 8.42 Å². The van der Waals surface area contributed by atoms with Crippen LogP contribution in [-0.4, -0.2) is 27.3 Å². The molecule has 0 amide bonds. The molecule has 0 spiro atoms. The third-order valence-corrected chi connectivity index (χ3v) is 3.87. The normalized spacial score (nSPS) is 11.4. The van der Waals surface area contributed by atoms with Gasteiger partial charge in [-0.1, -0.05) is 26.0 Å². The zero-order chi connectivity index (χ0) is 13.4. The van der Waals surface area contributed by atoms with Gasteiger partial charge in [0.25, 0.3) is 0 Å². The average Bonchev–Trinajstić information content (AvgIpc) is 2.34. The van der Waals surface area contributed by atoms with Crippen LogP contribution in [0.15, 0.2) is 24.3 Å². The number of hydrogen-bond donors (Lipinski definition) is 2.